The lowest BCUT2D eigenvalue weighted by molar-refractivity contribution is 0.122. The summed E-state index contributed by atoms with van der Waals surface area (Å²) in [7, 11) is 0. The zero-order valence-corrected chi connectivity index (χ0v) is 16.1. The van der Waals surface area contributed by atoms with E-state index >= 15 is 0 Å². The van der Waals surface area contributed by atoms with Crippen molar-refractivity contribution < 1.29 is 9.13 Å². The molecule has 1 aliphatic heterocycles. The molecule has 0 atom stereocenters. The first-order valence-corrected chi connectivity index (χ1v) is 9.69. The second kappa shape index (κ2) is 8.00. The van der Waals surface area contributed by atoms with E-state index < -0.39 is 0 Å². The maximum atomic E-state index is 14.3. The van der Waals surface area contributed by atoms with Crippen LogP contribution in [-0.2, 0) is 4.74 Å². The van der Waals surface area contributed by atoms with Gasteiger partial charge in [0.05, 0.1) is 30.6 Å². The number of aromatic nitrogens is 4. The lowest BCUT2D eigenvalue weighted by Gasteiger charge is -2.27. The molecule has 1 aliphatic rings. The third-order valence-electron chi connectivity index (χ3n) is 4.99. The smallest absolute Gasteiger partial charge is 0.227 e. The molecule has 8 heteroatoms. The van der Waals surface area contributed by atoms with Gasteiger partial charge in [-0.25, -0.2) is 19.3 Å². The first kappa shape index (κ1) is 18.4. The van der Waals surface area contributed by atoms with Gasteiger partial charge in [0, 0.05) is 48.2 Å². The zero-order chi connectivity index (χ0) is 20.3. The Kier molecular flexibility index (Phi) is 4.90. The van der Waals surface area contributed by atoms with E-state index in [2.05, 4.69) is 30.2 Å². The molecule has 1 saturated heterocycles. The number of morpholine rings is 1. The highest BCUT2D eigenvalue weighted by Gasteiger charge is 2.13. The maximum absolute atomic E-state index is 14.3. The lowest BCUT2D eigenvalue weighted by atomic mass is 10.1. The minimum atomic E-state index is -0.317. The lowest BCUT2D eigenvalue weighted by Crippen LogP contribution is -2.36. The molecule has 3 aromatic heterocycles. The molecule has 5 rings (SSSR count). The van der Waals surface area contributed by atoms with Crippen LogP contribution >= 0.6 is 0 Å². The molecule has 0 saturated carbocycles. The van der Waals surface area contributed by atoms with E-state index in [1.54, 1.807) is 43.0 Å². The summed E-state index contributed by atoms with van der Waals surface area (Å²) in [5.41, 5.74) is 2.48. The number of fused-ring (bicyclic) bond motifs is 1. The van der Waals surface area contributed by atoms with Crippen molar-refractivity contribution in [2.24, 2.45) is 0 Å². The number of hydrogen-bond donors (Lipinski definition) is 1. The van der Waals surface area contributed by atoms with Gasteiger partial charge in [0.2, 0.25) is 5.95 Å². The fraction of sp³-hybridized carbons (Fsp3) is 0.182. The normalized spacial score (nSPS) is 14.1. The Morgan fingerprint density at radius 2 is 1.77 bits per heavy atom. The highest BCUT2D eigenvalue weighted by atomic mass is 19.1. The van der Waals surface area contributed by atoms with Gasteiger partial charge in [0.15, 0.2) is 0 Å². The van der Waals surface area contributed by atoms with Crippen LogP contribution in [0.25, 0.3) is 22.0 Å². The molecule has 4 heterocycles. The molecule has 0 spiro atoms. The second-order valence-corrected chi connectivity index (χ2v) is 6.93. The summed E-state index contributed by atoms with van der Waals surface area (Å²) in [6.45, 7) is 3.10. The second-order valence-electron chi connectivity index (χ2n) is 6.93. The first-order valence-electron chi connectivity index (χ1n) is 9.69. The van der Waals surface area contributed by atoms with Crippen LogP contribution in [0.15, 0.2) is 61.2 Å². The monoisotopic (exact) mass is 402 g/mol. The topological polar surface area (TPSA) is 76.1 Å². The minimum absolute atomic E-state index is 0.317. The van der Waals surface area contributed by atoms with Crippen LogP contribution in [0.5, 0.6) is 0 Å². The summed E-state index contributed by atoms with van der Waals surface area (Å²) in [4.78, 5) is 19.9. The molecule has 0 amide bonds. The first-order chi connectivity index (χ1) is 14.8. The molecule has 0 bridgehead atoms. The average Bonchev–Trinajstić information content (AvgIpc) is 2.80. The summed E-state index contributed by atoms with van der Waals surface area (Å²) in [6.07, 6.45) is 6.72. The van der Waals surface area contributed by atoms with E-state index in [9.17, 15) is 4.39 Å². The number of anilines is 3. The van der Waals surface area contributed by atoms with Gasteiger partial charge in [-0.15, -0.1) is 0 Å². The molecule has 0 radical (unpaired) electrons. The Labute approximate surface area is 172 Å². The van der Waals surface area contributed by atoms with Gasteiger partial charge in [-0.1, -0.05) is 18.2 Å². The molecule has 0 aliphatic carbocycles. The number of hydrogen-bond acceptors (Lipinski definition) is 7. The molecular weight excluding hydrogens is 383 g/mol. The Hall–Kier alpha value is -3.65. The van der Waals surface area contributed by atoms with E-state index in [1.807, 2.05) is 12.1 Å². The molecule has 1 fully saturated rings. The van der Waals surface area contributed by atoms with E-state index in [4.69, 9.17) is 4.74 Å². The van der Waals surface area contributed by atoms with Gasteiger partial charge in [0.25, 0.3) is 0 Å². The summed E-state index contributed by atoms with van der Waals surface area (Å²) >= 11 is 0. The van der Waals surface area contributed by atoms with Crippen molar-refractivity contribution in [2.45, 2.75) is 0 Å². The van der Waals surface area contributed by atoms with Crippen molar-refractivity contribution in [3.05, 3.63) is 67.0 Å². The predicted molar refractivity (Wildman–Crippen MR) is 113 cm³/mol. The fourth-order valence-electron chi connectivity index (χ4n) is 3.46. The Morgan fingerprint density at radius 1 is 0.900 bits per heavy atom. The minimum Gasteiger partial charge on any atom is -0.378 e. The van der Waals surface area contributed by atoms with Gasteiger partial charge < -0.3 is 15.0 Å². The van der Waals surface area contributed by atoms with E-state index in [0.29, 0.717) is 35.8 Å². The number of ether oxygens (including phenoxy) is 1. The van der Waals surface area contributed by atoms with Crippen molar-refractivity contribution in [1.82, 2.24) is 19.9 Å². The summed E-state index contributed by atoms with van der Waals surface area (Å²) in [5.74, 6) is 1.01. The fourth-order valence-corrected chi connectivity index (χ4v) is 3.46. The van der Waals surface area contributed by atoms with Gasteiger partial charge in [-0.05, 0) is 18.2 Å². The standard InChI is InChI=1S/C22H19FN6O/c23-19-4-2-1-3-17(19)18-14-24-11-15-12-26-22(28-21(15)18)27-16-5-6-20(25-13-16)29-7-9-30-10-8-29/h1-6,11-14H,7-10H2,(H,26,27,28). The van der Waals surface area contributed by atoms with Crippen molar-refractivity contribution in [3.8, 4) is 11.1 Å². The molecule has 1 N–H and O–H groups in total. The van der Waals surface area contributed by atoms with Gasteiger partial charge >= 0.3 is 0 Å². The van der Waals surface area contributed by atoms with E-state index in [-0.39, 0.29) is 5.82 Å². The third kappa shape index (κ3) is 3.65. The van der Waals surface area contributed by atoms with Crippen LogP contribution < -0.4 is 10.2 Å². The van der Waals surface area contributed by atoms with Crippen LogP contribution in [0, 0.1) is 5.82 Å². The molecule has 4 aromatic rings. The molecule has 150 valence electrons. The number of benzene rings is 1. The quantitative estimate of drug-likeness (QED) is 0.556. The molecule has 1 aromatic carbocycles. The Balaban J connectivity index is 1.44. The van der Waals surface area contributed by atoms with Crippen molar-refractivity contribution in [3.63, 3.8) is 0 Å². The summed E-state index contributed by atoms with van der Waals surface area (Å²) < 4.78 is 19.7. The number of nitrogens with zero attached hydrogens (tertiary/aromatic N) is 5. The van der Waals surface area contributed by atoms with Gasteiger partial charge in [-0.3, -0.25) is 4.98 Å². The van der Waals surface area contributed by atoms with Gasteiger partial charge in [-0.2, -0.15) is 0 Å². The van der Waals surface area contributed by atoms with Crippen LogP contribution in [0.2, 0.25) is 0 Å². The maximum Gasteiger partial charge on any atom is 0.227 e. The molecule has 7 nitrogen and oxygen atoms in total. The van der Waals surface area contributed by atoms with E-state index in [0.717, 1.165) is 30.0 Å². The van der Waals surface area contributed by atoms with Crippen LogP contribution in [-0.4, -0.2) is 46.2 Å². The third-order valence-corrected chi connectivity index (χ3v) is 4.99. The number of nitrogens with one attached hydrogen (secondary N) is 1. The number of pyridine rings is 2. The van der Waals surface area contributed by atoms with Crippen LogP contribution in [0.1, 0.15) is 0 Å². The largest absolute Gasteiger partial charge is 0.378 e. The molecule has 30 heavy (non-hydrogen) atoms. The molecular formula is C22H19FN6O. The zero-order valence-electron chi connectivity index (χ0n) is 16.1. The number of rotatable bonds is 4. The van der Waals surface area contributed by atoms with Crippen LogP contribution in [0.3, 0.4) is 0 Å². The number of halogens is 1. The van der Waals surface area contributed by atoms with Crippen molar-refractivity contribution in [1.29, 1.82) is 0 Å². The Bertz CT molecular complexity index is 1180. The predicted octanol–water partition coefficient (Wildman–Crippen LogP) is 3.81. The van der Waals surface area contributed by atoms with Gasteiger partial charge in [0.1, 0.15) is 11.6 Å². The average molecular weight is 402 g/mol. The van der Waals surface area contributed by atoms with Crippen LogP contribution in [0.4, 0.5) is 21.8 Å². The summed E-state index contributed by atoms with van der Waals surface area (Å²) in [5, 5.41) is 3.92. The Morgan fingerprint density at radius 3 is 2.57 bits per heavy atom. The highest BCUT2D eigenvalue weighted by molar-refractivity contribution is 5.93. The highest BCUT2D eigenvalue weighted by Crippen LogP contribution is 2.29. The van der Waals surface area contributed by atoms with E-state index in [1.165, 1.54) is 6.07 Å². The van der Waals surface area contributed by atoms with Crippen molar-refractivity contribution >= 4 is 28.4 Å². The summed E-state index contributed by atoms with van der Waals surface area (Å²) in [6, 6.07) is 10.5. The van der Waals surface area contributed by atoms with Crippen molar-refractivity contribution in [2.75, 3.05) is 36.5 Å². The SMILES string of the molecule is Fc1ccccc1-c1cncc2cnc(Nc3ccc(N4CCOCC4)nc3)nc12. The molecule has 0 unspecified atom stereocenters.